The molecular formula is C17H22O7S. The molecule has 4 atom stereocenters. The maximum atomic E-state index is 12.2. The van der Waals surface area contributed by atoms with Crippen molar-refractivity contribution in [1.82, 2.24) is 0 Å². The molecule has 0 amide bonds. The Hall–Kier alpha value is -1.29. The van der Waals surface area contributed by atoms with E-state index in [1.54, 1.807) is 26.0 Å². The van der Waals surface area contributed by atoms with Gasteiger partial charge < -0.3 is 19.3 Å². The molecule has 2 fully saturated rings. The van der Waals surface area contributed by atoms with Crippen LogP contribution in [0.5, 0.6) is 0 Å². The molecule has 25 heavy (non-hydrogen) atoms. The van der Waals surface area contributed by atoms with Gasteiger partial charge in [-0.1, -0.05) is 24.3 Å². The Bertz CT molecular complexity index is 754. The van der Waals surface area contributed by atoms with Crippen molar-refractivity contribution in [3.8, 4) is 0 Å². The van der Waals surface area contributed by atoms with Gasteiger partial charge in [0.05, 0.1) is 11.5 Å². The molecule has 0 bridgehead atoms. The zero-order valence-corrected chi connectivity index (χ0v) is 15.2. The number of rotatable bonds is 5. The van der Waals surface area contributed by atoms with Crippen molar-refractivity contribution in [2.45, 2.75) is 56.1 Å². The minimum Gasteiger partial charge on any atom is -0.388 e. The van der Waals surface area contributed by atoms with E-state index in [-0.39, 0.29) is 4.90 Å². The average molecular weight is 370 g/mol. The molecule has 1 aromatic carbocycles. The zero-order chi connectivity index (χ0) is 18.4. The monoisotopic (exact) mass is 370 g/mol. The Balaban J connectivity index is 1.61. The highest BCUT2D eigenvalue weighted by molar-refractivity contribution is 7.86. The fourth-order valence-electron chi connectivity index (χ4n) is 2.83. The first-order valence-electron chi connectivity index (χ1n) is 7.93. The van der Waals surface area contributed by atoms with Gasteiger partial charge in [-0.25, -0.2) is 0 Å². The summed E-state index contributed by atoms with van der Waals surface area (Å²) in [5, 5.41) is 10.3. The van der Waals surface area contributed by atoms with E-state index in [2.05, 4.69) is 6.58 Å². The molecule has 2 aliphatic heterocycles. The van der Waals surface area contributed by atoms with Gasteiger partial charge >= 0.3 is 0 Å². The molecule has 138 valence electrons. The Morgan fingerprint density at radius 3 is 2.52 bits per heavy atom. The first-order valence-corrected chi connectivity index (χ1v) is 9.34. The van der Waals surface area contributed by atoms with Gasteiger partial charge in [0.25, 0.3) is 10.1 Å². The number of aliphatic hydroxyl groups is 1. The highest BCUT2D eigenvalue weighted by atomic mass is 32.2. The van der Waals surface area contributed by atoms with Gasteiger partial charge in [0, 0.05) is 0 Å². The van der Waals surface area contributed by atoms with Crippen molar-refractivity contribution in [2.75, 3.05) is 6.61 Å². The van der Waals surface area contributed by atoms with Crippen LogP contribution in [0.15, 0.2) is 41.3 Å². The van der Waals surface area contributed by atoms with E-state index < -0.39 is 47.1 Å². The molecule has 0 radical (unpaired) electrons. The molecule has 0 spiro atoms. The van der Waals surface area contributed by atoms with Gasteiger partial charge in [0.15, 0.2) is 12.1 Å². The lowest BCUT2D eigenvalue weighted by molar-refractivity contribution is -0.209. The smallest absolute Gasteiger partial charge is 0.297 e. The number of hydrogen-bond acceptors (Lipinski definition) is 7. The van der Waals surface area contributed by atoms with Crippen molar-refractivity contribution < 1.29 is 31.9 Å². The zero-order valence-electron chi connectivity index (χ0n) is 14.3. The molecule has 0 aromatic heterocycles. The summed E-state index contributed by atoms with van der Waals surface area (Å²) < 4.78 is 46.2. The highest BCUT2D eigenvalue weighted by Gasteiger charge is 2.52. The van der Waals surface area contributed by atoms with E-state index >= 15 is 0 Å². The van der Waals surface area contributed by atoms with Crippen molar-refractivity contribution in [3.05, 3.63) is 42.0 Å². The molecule has 8 heteroatoms. The summed E-state index contributed by atoms with van der Waals surface area (Å²) in [5.41, 5.74) is 1.43. The molecule has 1 aromatic rings. The van der Waals surface area contributed by atoms with E-state index in [0.29, 0.717) is 5.57 Å². The fraction of sp³-hybridized carbons (Fsp3) is 0.529. The second-order valence-electron chi connectivity index (χ2n) is 6.68. The second kappa shape index (κ2) is 6.46. The predicted octanol–water partition coefficient (Wildman–Crippen LogP) is 1.49. The molecular weight excluding hydrogens is 348 g/mol. The van der Waals surface area contributed by atoms with Crippen molar-refractivity contribution >= 4 is 10.1 Å². The average Bonchev–Trinajstić information content (AvgIpc) is 2.99. The summed E-state index contributed by atoms with van der Waals surface area (Å²) in [6.45, 7) is 8.79. The van der Waals surface area contributed by atoms with Crippen molar-refractivity contribution in [1.29, 1.82) is 0 Å². The van der Waals surface area contributed by atoms with E-state index in [1.165, 1.54) is 12.1 Å². The molecule has 2 aliphatic rings. The fourth-order valence-corrected chi connectivity index (χ4v) is 3.76. The van der Waals surface area contributed by atoms with E-state index in [4.69, 9.17) is 18.4 Å². The first kappa shape index (κ1) is 18.5. The maximum Gasteiger partial charge on any atom is 0.297 e. The summed E-state index contributed by atoms with van der Waals surface area (Å²) in [7, 11) is -3.96. The number of hydrogen-bond donors (Lipinski definition) is 1. The van der Waals surface area contributed by atoms with Crippen LogP contribution in [-0.4, -0.2) is 50.5 Å². The number of aryl methyl sites for hydroxylation is 1. The molecule has 0 saturated carbocycles. The molecule has 3 rings (SSSR count). The quantitative estimate of drug-likeness (QED) is 0.620. The van der Waals surface area contributed by atoms with Gasteiger partial charge in [-0.2, -0.15) is 8.42 Å². The van der Waals surface area contributed by atoms with Crippen LogP contribution in [0.3, 0.4) is 0 Å². The minimum absolute atomic E-state index is 0.0294. The van der Waals surface area contributed by atoms with E-state index in [9.17, 15) is 13.5 Å². The summed E-state index contributed by atoms with van der Waals surface area (Å²) in [6.07, 6.45) is -3.20. The summed E-state index contributed by atoms with van der Waals surface area (Å²) >= 11 is 0. The molecule has 7 nitrogen and oxygen atoms in total. The topological polar surface area (TPSA) is 91.3 Å². The van der Waals surface area contributed by atoms with Gasteiger partial charge in [0.1, 0.15) is 18.3 Å². The second-order valence-corrected chi connectivity index (χ2v) is 8.29. The Morgan fingerprint density at radius 1 is 1.28 bits per heavy atom. The molecule has 1 N–H and O–H groups in total. The van der Waals surface area contributed by atoms with Gasteiger partial charge in [-0.05, 0) is 38.5 Å². The molecule has 2 saturated heterocycles. The summed E-state index contributed by atoms with van der Waals surface area (Å²) in [6, 6.07) is 6.25. The summed E-state index contributed by atoms with van der Waals surface area (Å²) in [5.74, 6) is -0.792. The van der Waals surface area contributed by atoms with Crippen molar-refractivity contribution in [2.24, 2.45) is 0 Å². The van der Waals surface area contributed by atoms with Crippen LogP contribution in [0.4, 0.5) is 0 Å². The van der Waals surface area contributed by atoms with E-state index in [1.807, 2.05) is 6.92 Å². The third-order valence-electron chi connectivity index (χ3n) is 4.12. The van der Waals surface area contributed by atoms with Crippen LogP contribution in [0.25, 0.3) is 0 Å². The normalized spacial score (nSPS) is 29.6. The first-order chi connectivity index (χ1) is 11.6. The van der Waals surface area contributed by atoms with Crippen LogP contribution in [-0.2, 0) is 28.5 Å². The summed E-state index contributed by atoms with van der Waals surface area (Å²) in [4.78, 5) is 0.0294. The lowest BCUT2D eigenvalue weighted by Gasteiger charge is -2.24. The van der Waals surface area contributed by atoms with Crippen LogP contribution < -0.4 is 0 Å². The van der Waals surface area contributed by atoms with Crippen LogP contribution in [0.2, 0.25) is 0 Å². The minimum atomic E-state index is -3.96. The Morgan fingerprint density at radius 2 is 1.92 bits per heavy atom. The van der Waals surface area contributed by atoms with Gasteiger partial charge in [-0.15, -0.1) is 0 Å². The SMILES string of the molecule is C=C1[C@H]2OC(C)(C)O[C@H]2O[C@@H]1[C@H](O)COS(=O)(=O)c1ccc(C)cc1. The third-order valence-corrected chi connectivity index (χ3v) is 5.42. The Kier molecular flexibility index (Phi) is 4.78. The highest BCUT2D eigenvalue weighted by Crippen LogP contribution is 2.40. The molecule has 0 unspecified atom stereocenters. The van der Waals surface area contributed by atoms with Crippen LogP contribution in [0, 0.1) is 6.92 Å². The number of ether oxygens (including phenoxy) is 3. The lowest BCUT2D eigenvalue weighted by Crippen LogP contribution is -2.35. The standard InChI is InChI=1S/C17H22O7S/c1-10-5-7-12(8-6-10)25(19,20)21-9-13(18)14-11(2)15-16(22-14)24-17(3,4)23-15/h5-8,13-16,18H,2,9H2,1,3-4H3/t13-,14+,15-,16-/m1/s1. The largest absolute Gasteiger partial charge is 0.388 e. The van der Waals surface area contributed by atoms with Gasteiger partial charge in [-0.3, -0.25) is 4.18 Å². The number of benzene rings is 1. The van der Waals surface area contributed by atoms with Crippen LogP contribution in [0.1, 0.15) is 19.4 Å². The van der Waals surface area contributed by atoms with Crippen LogP contribution >= 0.6 is 0 Å². The lowest BCUT2D eigenvalue weighted by atomic mass is 10.0. The van der Waals surface area contributed by atoms with Gasteiger partial charge in [0.2, 0.25) is 0 Å². The number of aliphatic hydroxyl groups excluding tert-OH is 1. The predicted molar refractivity (Wildman–Crippen MR) is 88.2 cm³/mol. The third kappa shape index (κ3) is 3.79. The van der Waals surface area contributed by atoms with E-state index in [0.717, 1.165) is 5.56 Å². The molecule has 0 aliphatic carbocycles. The van der Waals surface area contributed by atoms with Crippen molar-refractivity contribution in [3.63, 3.8) is 0 Å². The number of fused-ring (bicyclic) bond motifs is 1. The molecule has 2 heterocycles. The maximum absolute atomic E-state index is 12.2. The Labute approximate surface area is 147 Å².